The lowest BCUT2D eigenvalue weighted by Gasteiger charge is -2.03. The van der Waals surface area contributed by atoms with E-state index in [0.29, 0.717) is 21.7 Å². The number of benzene rings is 1. The van der Waals surface area contributed by atoms with Gasteiger partial charge in [-0.2, -0.15) is 0 Å². The van der Waals surface area contributed by atoms with Crippen LogP contribution < -0.4 is 5.32 Å². The van der Waals surface area contributed by atoms with Crippen molar-refractivity contribution in [1.82, 2.24) is 4.98 Å². The summed E-state index contributed by atoms with van der Waals surface area (Å²) in [6, 6.07) is 6.35. The van der Waals surface area contributed by atoms with Gasteiger partial charge in [0.25, 0.3) is 0 Å². The van der Waals surface area contributed by atoms with Crippen LogP contribution in [0.25, 0.3) is 10.9 Å². The summed E-state index contributed by atoms with van der Waals surface area (Å²) < 4.78 is 13.3. The van der Waals surface area contributed by atoms with Crippen molar-refractivity contribution in [3.63, 3.8) is 0 Å². The van der Waals surface area contributed by atoms with Crippen molar-refractivity contribution in [2.75, 3.05) is 12.4 Å². The van der Waals surface area contributed by atoms with Crippen molar-refractivity contribution < 1.29 is 4.39 Å². The van der Waals surface area contributed by atoms with Crippen molar-refractivity contribution in [2.24, 2.45) is 0 Å². The molecule has 0 radical (unpaired) electrons. The molecule has 2 nitrogen and oxygen atoms in total. The molecule has 0 aliphatic rings. The highest BCUT2D eigenvalue weighted by Gasteiger charge is 2.06. The highest BCUT2D eigenvalue weighted by molar-refractivity contribution is 6.35. The number of nitrogens with zero attached hydrogens (tertiary/aromatic N) is 1. The fourth-order valence-electron chi connectivity index (χ4n) is 1.29. The first-order chi connectivity index (χ1) is 6.72. The molecule has 2 aromatic rings. The number of aromatic nitrogens is 1. The summed E-state index contributed by atoms with van der Waals surface area (Å²) in [5.41, 5.74) is 0.296. The highest BCUT2D eigenvalue weighted by Crippen LogP contribution is 2.25. The molecule has 0 spiro atoms. The molecular formula is C10H8ClFN2. The zero-order chi connectivity index (χ0) is 10.1. The SMILES string of the molecule is CNc1ccc2c(Cl)ccc(F)c2n1. The number of pyridine rings is 1. The molecule has 0 saturated carbocycles. The lowest BCUT2D eigenvalue weighted by Crippen LogP contribution is -1.93. The van der Waals surface area contributed by atoms with Crippen LogP contribution in [0.3, 0.4) is 0 Å². The number of rotatable bonds is 1. The van der Waals surface area contributed by atoms with E-state index in [4.69, 9.17) is 11.6 Å². The van der Waals surface area contributed by atoms with Crippen molar-refractivity contribution >= 4 is 28.3 Å². The maximum atomic E-state index is 13.3. The predicted octanol–water partition coefficient (Wildman–Crippen LogP) is 3.07. The fourth-order valence-corrected chi connectivity index (χ4v) is 1.50. The van der Waals surface area contributed by atoms with Gasteiger partial charge in [-0.1, -0.05) is 11.6 Å². The summed E-state index contributed by atoms with van der Waals surface area (Å²) in [5.74, 6) is 0.264. The van der Waals surface area contributed by atoms with E-state index in [1.165, 1.54) is 12.1 Å². The van der Waals surface area contributed by atoms with Gasteiger partial charge in [-0.05, 0) is 24.3 Å². The van der Waals surface area contributed by atoms with E-state index in [1.807, 2.05) is 0 Å². The summed E-state index contributed by atoms with van der Waals surface area (Å²) in [4.78, 5) is 4.08. The average Bonchev–Trinajstić information content (AvgIpc) is 2.23. The number of nitrogens with one attached hydrogen (secondary N) is 1. The maximum Gasteiger partial charge on any atom is 0.149 e. The smallest absolute Gasteiger partial charge is 0.149 e. The molecule has 72 valence electrons. The second-order valence-electron chi connectivity index (χ2n) is 2.87. The van der Waals surface area contributed by atoms with Gasteiger partial charge in [-0.25, -0.2) is 9.37 Å². The molecule has 0 saturated heterocycles. The normalized spacial score (nSPS) is 10.5. The first-order valence-electron chi connectivity index (χ1n) is 4.15. The third-order valence-electron chi connectivity index (χ3n) is 2.01. The van der Waals surface area contributed by atoms with Gasteiger partial charge < -0.3 is 5.32 Å². The van der Waals surface area contributed by atoms with Gasteiger partial charge in [0.2, 0.25) is 0 Å². The first kappa shape index (κ1) is 9.21. The van der Waals surface area contributed by atoms with Crippen LogP contribution in [0.5, 0.6) is 0 Å². The number of halogens is 2. The Bertz CT molecular complexity index is 485. The molecule has 1 aromatic carbocycles. The van der Waals surface area contributed by atoms with E-state index in [2.05, 4.69) is 10.3 Å². The van der Waals surface area contributed by atoms with Crippen LogP contribution in [-0.4, -0.2) is 12.0 Å². The lowest BCUT2D eigenvalue weighted by atomic mass is 10.2. The molecule has 0 amide bonds. The first-order valence-corrected chi connectivity index (χ1v) is 4.52. The van der Waals surface area contributed by atoms with Crippen LogP contribution in [0.4, 0.5) is 10.2 Å². The minimum absolute atomic E-state index is 0.296. The molecule has 0 atom stereocenters. The fraction of sp³-hybridized carbons (Fsp3) is 0.100. The Labute approximate surface area is 85.7 Å². The topological polar surface area (TPSA) is 24.9 Å². The summed E-state index contributed by atoms with van der Waals surface area (Å²) in [6.45, 7) is 0. The number of hydrogen-bond donors (Lipinski definition) is 1. The van der Waals surface area contributed by atoms with Crippen molar-refractivity contribution in [3.8, 4) is 0 Å². The van der Waals surface area contributed by atoms with E-state index >= 15 is 0 Å². The third-order valence-corrected chi connectivity index (χ3v) is 2.34. The molecule has 1 N–H and O–H groups in total. The van der Waals surface area contributed by atoms with Gasteiger partial charge in [0.15, 0.2) is 0 Å². The molecule has 1 aromatic heterocycles. The Kier molecular flexibility index (Phi) is 2.25. The minimum atomic E-state index is -0.360. The van der Waals surface area contributed by atoms with Gasteiger partial charge >= 0.3 is 0 Å². The van der Waals surface area contributed by atoms with Crippen LogP contribution in [0.1, 0.15) is 0 Å². The zero-order valence-corrected chi connectivity index (χ0v) is 8.27. The van der Waals surface area contributed by atoms with Crippen molar-refractivity contribution in [1.29, 1.82) is 0 Å². The third kappa shape index (κ3) is 1.40. The Balaban J connectivity index is 2.80. The molecule has 1 heterocycles. The maximum absolute atomic E-state index is 13.3. The molecule has 0 fully saturated rings. The van der Waals surface area contributed by atoms with Crippen LogP contribution >= 0.6 is 11.6 Å². The van der Waals surface area contributed by atoms with Gasteiger partial charge in [-0.15, -0.1) is 0 Å². The Morgan fingerprint density at radius 3 is 2.79 bits per heavy atom. The summed E-state index contributed by atoms with van der Waals surface area (Å²) in [6.07, 6.45) is 0. The predicted molar refractivity (Wildman–Crippen MR) is 56.3 cm³/mol. The van der Waals surface area contributed by atoms with Gasteiger partial charge in [0, 0.05) is 12.4 Å². The van der Waals surface area contributed by atoms with E-state index < -0.39 is 0 Å². The largest absolute Gasteiger partial charge is 0.373 e. The lowest BCUT2D eigenvalue weighted by molar-refractivity contribution is 0.637. The quantitative estimate of drug-likeness (QED) is 0.783. The zero-order valence-electron chi connectivity index (χ0n) is 7.51. The Hall–Kier alpha value is -1.35. The van der Waals surface area contributed by atoms with E-state index in [0.717, 1.165) is 0 Å². The van der Waals surface area contributed by atoms with Gasteiger partial charge in [-0.3, -0.25) is 0 Å². The second-order valence-corrected chi connectivity index (χ2v) is 3.28. The summed E-state index contributed by atoms with van der Waals surface area (Å²) in [5, 5.41) is 3.99. The van der Waals surface area contributed by atoms with Crippen molar-refractivity contribution in [2.45, 2.75) is 0 Å². The molecule has 2 rings (SSSR count). The average molecular weight is 211 g/mol. The second kappa shape index (κ2) is 3.42. The molecule has 0 aliphatic heterocycles. The number of anilines is 1. The molecule has 0 bridgehead atoms. The summed E-state index contributed by atoms with van der Waals surface area (Å²) >= 11 is 5.90. The Morgan fingerprint density at radius 1 is 1.29 bits per heavy atom. The van der Waals surface area contributed by atoms with E-state index in [9.17, 15) is 4.39 Å². The van der Waals surface area contributed by atoms with E-state index in [1.54, 1.807) is 19.2 Å². The molecule has 14 heavy (non-hydrogen) atoms. The monoisotopic (exact) mass is 210 g/mol. The van der Waals surface area contributed by atoms with Crippen LogP contribution in [0, 0.1) is 5.82 Å². The van der Waals surface area contributed by atoms with Crippen molar-refractivity contribution in [3.05, 3.63) is 35.1 Å². The van der Waals surface area contributed by atoms with Crippen LogP contribution in [-0.2, 0) is 0 Å². The molecular weight excluding hydrogens is 203 g/mol. The van der Waals surface area contributed by atoms with E-state index in [-0.39, 0.29) is 5.82 Å². The minimum Gasteiger partial charge on any atom is -0.373 e. The Morgan fingerprint density at radius 2 is 2.07 bits per heavy atom. The van der Waals surface area contributed by atoms with Gasteiger partial charge in [0.1, 0.15) is 17.2 Å². The molecule has 4 heteroatoms. The molecule has 0 unspecified atom stereocenters. The summed E-state index contributed by atoms with van der Waals surface area (Å²) in [7, 11) is 1.73. The number of hydrogen-bond acceptors (Lipinski definition) is 2. The number of fused-ring (bicyclic) bond motifs is 1. The standard InChI is InChI=1S/C10H8ClFN2/c1-13-9-5-2-6-7(11)3-4-8(12)10(6)14-9/h2-5H,1H3,(H,13,14). The highest BCUT2D eigenvalue weighted by atomic mass is 35.5. The van der Waals surface area contributed by atoms with Crippen LogP contribution in [0.2, 0.25) is 5.02 Å². The molecule has 0 aliphatic carbocycles. The van der Waals surface area contributed by atoms with Gasteiger partial charge in [0.05, 0.1) is 5.02 Å². The van der Waals surface area contributed by atoms with Crippen LogP contribution in [0.15, 0.2) is 24.3 Å².